The molecule has 3 amide bonds. The predicted molar refractivity (Wildman–Crippen MR) is 118 cm³/mol. The van der Waals surface area contributed by atoms with Crippen LogP contribution >= 0.6 is 45.8 Å². The van der Waals surface area contributed by atoms with Crippen molar-refractivity contribution in [3.63, 3.8) is 0 Å². The van der Waals surface area contributed by atoms with Gasteiger partial charge in [-0.2, -0.15) is 5.26 Å². The highest BCUT2D eigenvalue weighted by molar-refractivity contribution is 14.1. The van der Waals surface area contributed by atoms with E-state index in [1.165, 1.54) is 13.2 Å². The van der Waals surface area contributed by atoms with E-state index < -0.39 is 11.9 Å². The molecule has 0 saturated carbocycles. The number of carbonyl (C=O) groups excluding carboxylic acids is 2. The Morgan fingerprint density at radius 1 is 1.31 bits per heavy atom. The largest absolute Gasteiger partial charge is 0.493 e. The zero-order valence-corrected chi connectivity index (χ0v) is 18.6. The fraction of sp³-hybridized carbons (Fsp3) is 0.105. The topological polar surface area (TPSA) is 114 Å². The molecule has 3 N–H and O–H groups in total. The molecule has 0 atom stereocenters. The molecule has 0 bridgehead atoms. The summed E-state index contributed by atoms with van der Waals surface area (Å²) in [7, 11) is 1.46. The quantitative estimate of drug-likeness (QED) is 0.319. The van der Waals surface area contributed by atoms with Gasteiger partial charge in [-0.1, -0.05) is 29.3 Å². The maximum atomic E-state index is 11.8. The number of amides is 3. The zero-order valence-electron chi connectivity index (χ0n) is 15.0. The summed E-state index contributed by atoms with van der Waals surface area (Å²) in [4.78, 5) is 22.6. The SMILES string of the molecule is COc1cc(/C=C(/C#N)C(=O)NC(N)=O)cc(I)c1OCc1ccc(Cl)cc1Cl. The first-order valence-electron chi connectivity index (χ1n) is 7.92. The molecule has 29 heavy (non-hydrogen) atoms. The van der Waals surface area contributed by atoms with Crippen molar-refractivity contribution in [2.75, 3.05) is 7.11 Å². The second-order valence-electron chi connectivity index (χ2n) is 5.55. The molecule has 2 rings (SSSR count). The number of imide groups is 1. The summed E-state index contributed by atoms with van der Waals surface area (Å²) < 4.78 is 11.9. The Kier molecular flexibility index (Phi) is 8.13. The summed E-state index contributed by atoms with van der Waals surface area (Å²) in [5.74, 6) is -0.0381. The summed E-state index contributed by atoms with van der Waals surface area (Å²) in [6, 6.07) is 9.06. The Balaban J connectivity index is 2.31. The zero-order chi connectivity index (χ0) is 21.6. The van der Waals surface area contributed by atoms with Crippen molar-refractivity contribution in [3.05, 3.63) is 60.6 Å². The minimum absolute atomic E-state index is 0.183. The fourth-order valence-electron chi connectivity index (χ4n) is 2.25. The lowest BCUT2D eigenvalue weighted by molar-refractivity contribution is -0.115. The number of hydrogen-bond acceptors (Lipinski definition) is 5. The Morgan fingerprint density at radius 3 is 2.62 bits per heavy atom. The molecule has 0 aliphatic heterocycles. The number of primary amides is 1. The molecule has 150 valence electrons. The van der Waals surface area contributed by atoms with Gasteiger partial charge in [0.05, 0.1) is 10.7 Å². The van der Waals surface area contributed by atoms with Crippen molar-refractivity contribution in [1.82, 2.24) is 5.32 Å². The number of urea groups is 1. The van der Waals surface area contributed by atoms with Crippen LogP contribution in [-0.2, 0) is 11.4 Å². The lowest BCUT2D eigenvalue weighted by Crippen LogP contribution is -2.35. The van der Waals surface area contributed by atoms with E-state index in [0.717, 1.165) is 5.56 Å². The molecule has 10 heteroatoms. The van der Waals surface area contributed by atoms with Gasteiger partial charge in [0.2, 0.25) is 0 Å². The summed E-state index contributed by atoms with van der Waals surface area (Å²) >= 11 is 14.1. The van der Waals surface area contributed by atoms with Gasteiger partial charge in [-0.05, 0) is 58.5 Å². The normalized spacial score (nSPS) is 10.8. The van der Waals surface area contributed by atoms with Gasteiger partial charge in [0.15, 0.2) is 11.5 Å². The minimum Gasteiger partial charge on any atom is -0.493 e. The number of carbonyl (C=O) groups is 2. The van der Waals surface area contributed by atoms with E-state index in [4.69, 9.17) is 43.7 Å². The monoisotopic (exact) mass is 545 g/mol. The van der Waals surface area contributed by atoms with E-state index in [-0.39, 0.29) is 12.2 Å². The highest BCUT2D eigenvalue weighted by Gasteiger charge is 2.15. The Bertz CT molecular complexity index is 1030. The lowest BCUT2D eigenvalue weighted by atomic mass is 10.1. The van der Waals surface area contributed by atoms with Crippen molar-refractivity contribution >= 4 is 63.8 Å². The van der Waals surface area contributed by atoms with Gasteiger partial charge in [0.1, 0.15) is 18.2 Å². The number of nitriles is 1. The van der Waals surface area contributed by atoms with Crippen molar-refractivity contribution in [1.29, 1.82) is 5.26 Å². The average molecular weight is 546 g/mol. The molecule has 0 fully saturated rings. The number of rotatable bonds is 6. The first-order chi connectivity index (χ1) is 13.7. The molecule has 2 aromatic carbocycles. The molecule has 0 aliphatic carbocycles. The van der Waals surface area contributed by atoms with Crippen LogP contribution in [0, 0.1) is 14.9 Å². The maximum absolute atomic E-state index is 11.8. The highest BCUT2D eigenvalue weighted by Crippen LogP contribution is 2.35. The number of ether oxygens (including phenoxy) is 2. The lowest BCUT2D eigenvalue weighted by Gasteiger charge is -2.14. The molecular weight excluding hydrogens is 532 g/mol. The first kappa shape index (κ1) is 22.8. The van der Waals surface area contributed by atoms with Gasteiger partial charge in [-0.3, -0.25) is 10.1 Å². The summed E-state index contributed by atoms with van der Waals surface area (Å²) in [6.07, 6.45) is 1.31. The van der Waals surface area contributed by atoms with E-state index in [9.17, 15) is 9.59 Å². The van der Waals surface area contributed by atoms with Crippen LogP contribution in [0.25, 0.3) is 6.08 Å². The van der Waals surface area contributed by atoms with Gasteiger partial charge in [0.25, 0.3) is 5.91 Å². The smallest absolute Gasteiger partial charge is 0.319 e. The van der Waals surface area contributed by atoms with Crippen molar-refractivity contribution < 1.29 is 19.1 Å². The van der Waals surface area contributed by atoms with E-state index in [2.05, 4.69) is 0 Å². The number of methoxy groups -OCH3 is 1. The third-order valence-electron chi connectivity index (χ3n) is 3.55. The van der Waals surface area contributed by atoms with E-state index in [1.54, 1.807) is 36.4 Å². The van der Waals surface area contributed by atoms with Gasteiger partial charge >= 0.3 is 6.03 Å². The van der Waals surface area contributed by atoms with Crippen LogP contribution in [0.5, 0.6) is 11.5 Å². The number of nitrogens with zero attached hydrogens (tertiary/aromatic N) is 1. The van der Waals surface area contributed by atoms with Crippen LogP contribution in [-0.4, -0.2) is 19.0 Å². The molecule has 2 aromatic rings. The fourth-order valence-corrected chi connectivity index (χ4v) is 3.49. The van der Waals surface area contributed by atoms with Crippen LogP contribution < -0.4 is 20.5 Å². The second kappa shape index (κ2) is 10.3. The highest BCUT2D eigenvalue weighted by atomic mass is 127. The van der Waals surface area contributed by atoms with E-state index in [1.807, 2.05) is 27.9 Å². The average Bonchev–Trinajstić information content (AvgIpc) is 2.65. The summed E-state index contributed by atoms with van der Waals surface area (Å²) in [5.41, 5.74) is 5.86. The Hall–Kier alpha value is -2.48. The van der Waals surface area contributed by atoms with Gasteiger partial charge in [-0.25, -0.2) is 4.79 Å². The van der Waals surface area contributed by atoms with E-state index >= 15 is 0 Å². The standard InChI is InChI=1S/C19H14Cl2IN3O4/c1-28-16-6-10(4-12(8-23)18(26)25-19(24)27)5-15(22)17(16)29-9-11-2-3-13(20)7-14(11)21/h2-7H,9H2,1H3,(H3,24,25,26,27)/b12-4-. The molecule has 7 nitrogen and oxygen atoms in total. The third-order valence-corrected chi connectivity index (χ3v) is 4.94. The van der Waals surface area contributed by atoms with Crippen LogP contribution in [0.1, 0.15) is 11.1 Å². The van der Waals surface area contributed by atoms with Crippen molar-refractivity contribution in [2.45, 2.75) is 6.61 Å². The molecule has 0 heterocycles. The number of halogens is 3. The van der Waals surface area contributed by atoms with Crippen molar-refractivity contribution in [3.8, 4) is 17.6 Å². The second-order valence-corrected chi connectivity index (χ2v) is 7.55. The molecule has 0 radical (unpaired) electrons. The Morgan fingerprint density at radius 2 is 2.03 bits per heavy atom. The van der Waals surface area contributed by atoms with Crippen LogP contribution in [0.4, 0.5) is 4.79 Å². The van der Waals surface area contributed by atoms with Crippen LogP contribution in [0.15, 0.2) is 35.9 Å². The number of hydrogen-bond donors (Lipinski definition) is 2. The Labute approximate surface area is 190 Å². The minimum atomic E-state index is -1.05. The van der Waals surface area contributed by atoms with Gasteiger partial charge in [0, 0.05) is 15.6 Å². The maximum Gasteiger partial charge on any atom is 0.319 e. The van der Waals surface area contributed by atoms with Crippen LogP contribution in [0.2, 0.25) is 10.0 Å². The molecular formula is C19H14Cl2IN3O4. The van der Waals surface area contributed by atoms with Gasteiger partial charge < -0.3 is 15.2 Å². The molecule has 0 aliphatic rings. The number of nitrogens with one attached hydrogen (secondary N) is 1. The van der Waals surface area contributed by atoms with E-state index in [0.29, 0.717) is 30.7 Å². The first-order valence-corrected chi connectivity index (χ1v) is 9.75. The van der Waals surface area contributed by atoms with Crippen molar-refractivity contribution in [2.24, 2.45) is 5.73 Å². The summed E-state index contributed by atoms with van der Waals surface area (Å²) in [5, 5.41) is 12.0. The molecule has 0 saturated heterocycles. The summed E-state index contributed by atoms with van der Waals surface area (Å²) in [6.45, 7) is 0.183. The molecule has 0 unspecified atom stereocenters. The van der Waals surface area contributed by atoms with Gasteiger partial charge in [-0.15, -0.1) is 0 Å². The predicted octanol–water partition coefficient (Wildman–Crippen LogP) is 4.29. The third kappa shape index (κ3) is 6.25. The number of nitrogens with two attached hydrogens (primary N) is 1. The molecule has 0 spiro atoms. The van der Waals surface area contributed by atoms with Crippen LogP contribution in [0.3, 0.4) is 0 Å². The molecule has 0 aromatic heterocycles. The number of benzene rings is 2.